The van der Waals surface area contributed by atoms with Gasteiger partial charge in [0.1, 0.15) is 0 Å². The summed E-state index contributed by atoms with van der Waals surface area (Å²) in [7, 11) is 4.63. The predicted octanol–water partition coefficient (Wildman–Crippen LogP) is 2.81. The molecular weight excluding hydrogens is 332 g/mol. The molecule has 146 valence electrons. The summed E-state index contributed by atoms with van der Waals surface area (Å²) in [6, 6.07) is 3.34. The normalized spacial score (nSPS) is 20.5. The fourth-order valence-electron chi connectivity index (χ4n) is 3.79. The zero-order chi connectivity index (χ0) is 19.1. The van der Waals surface area contributed by atoms with Crippen molar-refractivity contribution in [3.63, 3.8) is 0 Å². The molecule has 2 rings (SSSR count). The van der Waals surface area contributed by atoms with E-state index < -0.39 is 0 Å². The highest BCUT2D eigenvalue weighted by Gasteiger charge is 2.21. The van der Waals surface area contributed by atoms with Crippen molar-refractivity contribution in [2.45, 2.75) is 26.7 Å². The molecule has 1 heterocycles. The molecule has 2 atom stereocenters. The number of hydrogen-bond donors (Lipinski definition) is 1. The lowest BCUT2D eigenvalue weighted by Crippen LogP contribution is -2.40. The first-order valence-corrected chi connectivity index (χ1v) is 9.29. The molecule has 1 N–H and O–H groups in total. The average Bonchev–Trinajstić information content (AvgIpc) is 2.62. The van der Waals surface area contributed by atoms with E-state index in [-0.39, 0.29) is 5.91 Å². The van der Waals surface area contributed by atoms with Crippen LogP contribution in [0, 0.1) is 11.8 Å². The Labute approximate surface area is 156 Å². The van der Waals surface area contributed by atoms with Crippen LogP contribution in [0.3, 0.4) is 0 Å². The molecule has 0 radical (unpaired) electrons. The molecule has 0 aromatic heterocycles. The Morgan fingerprint density at radius 2 is 1.65 bits per heavy atom. The molecule has 0 bridgehead atoms. The van der Waals surface area contributed by atoms with Gasteiger partial charge in [-0.15, -0.1) is 0 Å². The van der Waals surface area contributed by atoms with Crippen molar-refractivity contribution >= 4 is 5.91 Å². The molecule has 0 unspecified atom stereocenters. The Bertz CT molecular complexity index is 570. The van der Waals surface area contributed by atoms with Crippen LogP contribution < -0.4 is 19.5 Å². The lowest BCUT2D eigenvalue weighted by molar-refractivity contribution is 0.0946. The Morgan fingerprint density at radius 3 is 2.15 bits per heavy atom. The van der Waals surface area contributed by atoms with Gasteiger partial charge in [-0.2, -0.15) is 0 Å². The van der Waals surface area contributed by atoms with Gasteiger partial charge in [0.05, 0.1) is 21.3 Å². The second-order valence-corrected chi connectivity index (χ2v) is 7.23. The number of methoxy groups -OCH3 is 3. The Hall–Kier alpha value is -1.95. The van der Waals surface area contributed by atoms with Gasteiger partial charge < -0.3 is 24.4 Å². The first kappa shape index (κ1) is 20.4. The lowest BCUT2D eigenvalue weighted by Gasteiger charge is -2.34. The standard InChI is InChI=1S/C20H32N2O4/c1-14-9-15(2)13-22(12-14)8-6-7-21-20(23)16-10-17(24-3)19(26-5)18(11-16)25-4/h10-11,14-15H,6-9,12-13H2,1-5H3,(H,21,23)/t14-,15-/m0/s1. The molecule has 1 aromatic rings. The van der Waals surface area contributed by atoms with Gasteiger partial charge in [-0.25, -0.2) is 0 Å². The monoisotopic (exact) mass is 364 g/mol. The van der Waals surface area contributed by atoms with Crippen molar-refractivity contribution in [3.05, 3.63) is 17.7 Å². The maximum absolute atomic E-state index is 12.5. The minimum atomic E-state index is -0.135. The zero-order valence-electron chi connectivity index (χ0n) is 16.6. The maximum atomic E-state index is 12.5. The minimum Gasteiger partial charge on any atom is -0.493 e. The highest BCUT2D eigenvalue weighted by molar-refractivity contribution is 5.95. The van der Waals surface area contributed by atoms with Crippen LogP contribution >= 0.6 is 0 Å². The molecule has 6 nitrogen and oxygen atoms in total. The summed E-state index contributed by atoms with van der Waals surface area (Å²) >= 11 is 0. The molecular formula is C20H32N2O4. The summed E-state index contributed by atoms with van der Waals surface area (Å²) in [6.45, 7) is 8.61. The summed E-state index contributed by atoms with van der Waals surface area (Å²) in [5.74, 6) is 2.83. The number of hydrogen-bond acceptors (Lipinski definition) is 5. The molecule has 0 spiro atoms. The van der Waals surface area contributed by atoms with E-state index in [0.29, 0.717) is 29.4 Å². The third-order valence-electron chi connectivity index (χ3n) is 4.81. The molecule has 1 fully saturated rings. The summed E-state index contributed by atoms with van der Waals surface area (Å²) in [5.41, 5.74) is 0.500. The first-order chi connectivity index (χ1) is 12.5. The van der Waals surface area contributed by atoms with Crippen molar-refractivity contribution in [2.24, 2.45) is 11.8 Å². The van der Waals surface area contributed by atoms with Crippen molar-refractivity contribution < 1.29 is 19.0 Å². The van der Waals surface area contributed by atoms with E-state index in [1.807, 2.05) is 0 Å². The fourth-order valence-corrected chi connectivity index (χ4v) is 3.79. The van der Waals surface area contributed by atoms with E-state index >= 15 is 0 Å². The van der Waals surface area contributed by atoms with Crippen molar-refractivity contribution in [2.75, 3.05) is 47.5 Å². The lowest BCUT2D eigenvalue weighted by atomic mass is 9.92. The van der Waals surface area contributed by atoms with E-state index in [2.05, 4.69) is 24.1 Å². The SMILES string of the molecule is COc1cc(C(=O)NCCCN2C[C@@H](C)C[C@H](C)C2)cc(OC)c1OC. The summed E-state index contributed by atoms with van der Waals surface area (Å²) in [4.78, 5) is 15.0. The zero-order valence-corrected chi connectivity index (χ0v) is 16.6. The first-order valence-electron chi connectivity index (χ1n) is 9.29. The van der Waals surface area contributed by atoms with Crippen LogP contribution in [0.1, 0.15) is 37.0 Å². The van der Waals surface area contributed by atoms with Gasteiger partial charge in [0.15, 0.2) is 11.5 Å². The highest BCUT2D eigenvalue weighted by atomic mass is 16.5. The van der Waals surface area contributed by atoms with E-state index in [1.54, 1.807) is 33.5 Å². The van der Waals surface area contributed by atoms with Crippen LogP contribution in [0.15, 0.2) is 12.1 Å². The van der Waals surface area contributed by atoms with Crippen molar-refractivity contribution in [1.29, 1.82) is 0 Å². The number of ether oxygens (including phenoxy) is 3. The maximum Gasteiger partial charge on any atom is 0.251 e. The van der Waals surface area contributed by atoms with Gasteiger partial charge in [-0.1, -0.05) is 13.8 Å². The largest absolute Gasteiger partial charge is 0.493 e. The van der Waals surface area contributed by atoms with E-state index in [0.717, 1.165) is 37.9 Å². The van der Waals surface area contributed by atoms with E-state index in [4.69, 9.17) is 14.2 Å². The number of piperidine rings is 1. The number of likely N-dealkylation sites (tertiary alicyclic amines) is 1. The van der Waals surface area contributed by atoms with Crippen LogP contribution in [-0.2, 0) is 0 Å². The Morgan fingerprint density at radius 1 is 1.08 bits per heavy atom. The number of benzene rings is 1. The Kier molecular flexibility index (Phi) is 7.57. The van der Waals surface area contributed by atoms with Gasteiger partial charge in [-0.05, 0) is 43.4 Å². The van der Waals surface area contributed by atoms with E-state index in [9.17, 15) is 4.79 Å². The molecule has 1 aliphatic heterocycles. The van der Waals surface area contributed by atoms with Crippen molar-refractivity contribution in [3.8, 4) is 17.2 Å². The molecule has 1 aromatic carbocycles. The quantitative estimate of drug-likeness (QED) is 0.719. The fraction of sp³-hybridized carbons (Fsp3) is 0.650. The minimum absolute atomic E-state index is 0.135. The molecule has 1 saturated heterocycles. The van der Waals surface area contributed by atoms with Gasteiger partial charge in [0.25, 0.3) is 5.91 Å². The average molecular weight is 364 g/mol. The summed E-state index contributed by atoms with van der Waals surface area (Å²) in [5, 5.41) is 2.98. The molecule has 1 aliphatic rings. The van der Waals surface area contributed by atoms with Crippen LogP contribution in [0.25, 0.3) is 0 Å². The number of carbonyl (C=O) groups is 1. The number of nitrogens with zero attached hydrogens (tertiary/aromatic N) is 1. The van der Waals surface area contributed by atoms with Crippen LogP contribution in [0.4, 0.5) is 0 Å². The second kappa shape index (κ2) is 9.67. The molecule has 26 heavy (non-hydrogen) atoms. The topological polar surface area (TPSA) is 60.0 Å². The highest BCUT2D eigenvalue weighted by Crippen LogP contribution is 2.38. The third-order valence-corrected chi connectivity index (χ3v) is 4.81. The summed E-state index contributed by atoms with van der Waals surface area (Å²) < 4.78 is 15.9. The van der Waals surface area contributed by atoms with Crippen LogP contribution in [0.2, 0.25) is 0 Å². The van der Waals surface area contributed by atoms with Crippen LogP contribution in [-0.4, -0.2) is 58.3 Å². The summed E-state index contributed by atoms with van der Waals surface area (Å²) in [6.07, 6.45) is 2.25. The number of nitrogens with one attached hydrogen (secondary N) is 1. The van der Waals surface area contributed by atoms with Crippen molar-refractivity contribution in [1.82, 2.24) is 10.2 Å². The van der Waals surface area contributed by atoms with E-state index in [1.165, 1.54) is 6.42 Å². The number of rotatable bonds is 8. The number of amides is 1. The van der Waals surface area contributed by atoms with Crippen LogP contribution in [0.5, 0.6) is 17.2 Å². The van der Waals surface area contributed by atoms with Gasteiger partial charge in [0.2, 0.25) is 5.75 Å². The number of carbonyl (C=O) groups excluding carboxylic acids is 1. The molecule has 0 saturated carbocycles. The van der Waals surface area contributed by atoms with Gasteiger partial charge in [0, 0.05) is 25.2 Å². The molecule has 6 heteroatoms. The smallest absolute Gasteiger partial charge is 0.251 e. The van der Waals surface area contributed by atoms with Gasteiger partial charge >= 0.3 is 0 Å². The molecule has 0 aliphatic carbocycles. The predicted molar refractivity (Wildman–Crippen MR) is 102 cm³/mol. The third kappa shape index (κ3) is 5.27. The Balaban J connectivity index is 1.88. The van der Waals surface area contributed by atoms with Gasteiger partial charge in [-0.3, -0.25) is 4.79 Å². The molecule has 1 amide bonds. The second-order valence-electron chi connectivity index (χ2n) is 7.23.